The van der Waals surface area contributed by atoms with E-state index in [1.807, 2.05) is 0 Å². The van der Waals surface area contributed by atoms with Gasteiger partial charge in [-0.1, -0.05) is 24.3 Å². The molecule has 3 nitrogen and oxygen atoms in total. The summed E-state index contributed by atoms with van der Waals surface area (Å²) in [6.45, 7) is 0.178. The summed E-state index contributed by atoms with van der Waals surface area (Å²) < 4.78 is 13.2. The van der Waals surface area contributed by atoms with Gasteiger partial charge in [-0.3, -0.25) is 4.79 Å². The largest absolute Gasteiger partial charge is 0.369 e. The van der Waals surface area contributed by atoms with Crippen molar-refractivity contribution in [1.29, 1.82) is 0 Å². The van der Waals surface area contributed by atoms with Gasteiger partial charge in [-0.2, -0.15) is 0 Å². The molecule has 0 fully saturated rings. The van der Waals surface area contributed by atoms with Gasteiger partial charge in [0, 0.05) is 18.5 Å². The first-order chi connectivity index (χ1) is 7.13. The second-order valence-corrected chi connectivity index (χ2v) is 3.13. The van der Waals surface area contributed by atoms with E-state index >= 15 is 0 Å². The third kappa shape index (κ3) is 3.52. The van der Waals surface area contributed by atoms with Gasteiger partial charge in [0.05, 0.1) is 0 Å². The second-order valence-electron chi connectivity index (χ2n) is 3.13. The molecule has 0 bridgehead atoms. The number of benzene rings is 1. The molecule has 4 N–H and O–H groups in total. The molecule has 0 aliphatic carbocycles. The average molecular weight is 208 g/mol. The minimum absolute atomic E-state index is 0.153. The summed E-state index contributed by atoms with van der Waals surface area (Å²) in [6.07, 6.45) is 3.40. The summed E-state index contributed by atoms with van der Waals surface area (Å²) in [6, 6.07) is 4.74. The van der Waals surface area contributed by atoms with Crippen molar-refractivity contribution < 1.29 is 9.18 Å². The smallest absolute Gasteiger partial charge is 0.221 e. The van der Waals surface area contributed by atoms with Crippen molar-refractivity contribution in [2.45, 2.75) is 13.0 Å². The van der Waals surface area contributed by atoms with E-state index in [-0.39, 0.29) is 18.8 Å². The molecule has 1 aromatic rings. The number of hydrogen-bond donors (Lipinski definition) is 2. The highest BCUT2D eigenvalue weighted by atomic mass is 19.1. The van der Waals surface area contributed by atoms with Crippen LogP contribution < -0.4 is 11.5 Å². The molecule has 0 aliphatic rings. The summed E-state index contributed by atoms with van der Waals surface area (Å²) in [4.78, 5) is 10.4. The molecule has 4 heteroatoms. The molecule has 0 aromatic heterocycles. The molecular weight excluding hydrogens is 195 g/mol. The van der Waals surface area contributed by atoms with E-state index in [0.717, 1.165) is 0 Å². The van der Waals surface area contributed by atoms with E-state index in [1.54, 1.807) is 24.3 Å². The van der Waals surface area contributed by atoms with Gasteiger partial charge >= 0.3 is 0 Å². The van der Waals surface area contributed by atoms with E-state index < -0.39 is 5.91 Å². The van der Waals surface area contributed by atoms with E-state index in [4.69, 9.17) is 11.5 Å². The molecule has 0 spiro atoms. The topological polar surface area (TPSA) is 69.1 Å². The molecule has 80 valence electrons. The van der Waals surface area contributed by atoms with E-state index in [0.29, 0.717) is 11.1 Å². The fraction of sp³-hybridized carbons (Fsp3) is 0.182. The highest BCUT2D eigenvalue weighted by molar-refractivity contribution is 5.76. The predicted octanol–water partition coefficient (Wildman–Crippen LogP) is 1.17. The fourth-order valence-corrected chi connectivity index (χ4v) is 1.14. The van der Waals surface area contributed by atoms with Crippen LogP contribution in [0.2, 0.25) is 0 Å². The number of carbonyl (C=O) groups is 1. The maximum Gasteiger partial charge on any atom is 0.221 e. The third-order valence-electron chi connectivity index (χ3n) is 1.93. The molecule has 0 atom stereocenters. The molecule has 0 unspecified atom stereocenters. The molecule has 1 rings (SSSR count). The Morgan fingerprint density at radius 3 is 2.73 bits per heavy atom. The van der Waals surface area contributed by atoms with Gasteiger partial charge in [0.25, 0.3) is 0 Å². The summed E-state index contributed by atoms with van der Waals surface area (Å²) in [7, 11) is 0. The number of nitrogens with two attached hydrogens (primary N) is 2. The molecule has 0 heterocycles. The minimum Gasteiger partial charge on any atom is -0.369 e. The SMILES string of the molecule is NCc1ccc(C=CCC(N)=O)cc1F. The lowest BCUT2D eigenvalue weighted by atomic mass is 10.1. The van der Waals surface area contributed by atoms with Crippen LogP contribution in [0, 0.1) is 5.82 Å². The van der Waals surface area contributed by atoms with Crippen molar-refractivity contribution >= 4 is 12.0 Å². The molecule has 0 saturated heterocycles. The van der Waals surface area contributed by atoms with Gasteiger partial charge < -0.3 is 11.5 Å². The van der Waals surface area contributed by atoms with Gasteiger partial charge in [0.15, 0.2) is 0 Å². The van der Waals surface area contributed by atoms with Gasteiger partial charge in [-0.05, 0) is 11.6 Å². The number of amides is 1. The molecular formula is C11H13FN2O. The summed E-state index contributed by atoms with van der Waals surface area (Å²) in [5.74, 6) is -0.746. The Bertz CT molecular complexity index is 388. The number of halogens is 1. The van der Waals surface area contributed by atoms with Crippen molar-refractivity contribution in [3.8, 4) is 0 Å². The van der Waals surface area contributed by atoms with Gasteiger partial charge in [-0.15, -0.1) is 0 Å². The highest BCUT2D eigenvalue weighted by Gasteiger charge is 1.99. The number of carbonyl (C=O) groups excluding carboxylic acids is 1. The van der Waals surface area contributed by atoms with Crippen LogP contribution in [0.4, 0.5) is 4.39 Å². The van der Waals surface area contributed by atoms with E-state index in [2.05, 4.69) is 0 Å². The molecule has 0 radical (unpaired) electrons. The average Bonchev–Trinajstić information content (AvgIpc) is 2.17. The normalized spacial score (nSPS) is 10.8. The van der Waals surface area contributed by atoms with Crippen LogP contribution in [0.25, 0.3) is 6.08 Å². The lowest BCUT2D eigenvalue weighted by Crippen LogP contribution is -2.07. The first kappa shape index (κ1) is 11.4. The van der Waals surface area contributed by atoms with Crippen molar-refractivity contribution in [3.05, 3.63) is 41.2 Å². The maximum atomic E-state index is 13.2. The van der Waals surface area contributed by atoms with Crippen LogP contribution in [0.15, 0.2) is 24.3 Å². The summed E-state index contributed by atoms with van der Waals surface area (Å²) >= 11 is 0. The first-order valence-corrected chi connectivity index (χ1v) is 4.57. The van der Waals surface area contributed by atoms with Crippen LogP contribution in [-0.2, 0) is 11.3 Å². The number of rotatable bonds is 4. The Hall–Kier alpha value is -1.68. The monoisotopic (exact) mass is 208 g/mol. The summed E-state index contributed by atoms with van der Waals surface area (Å²) in [5.41, 5.74) is 11.4. The van der Waals surface area contributed by atoms with Crippen molar-refractivity contribution in [3.63, 3.8) is 0 Å². The first-order valence-electron chi connectivity index (χ1n) is 4.57. The molecule has 0 saturated carbocycles. The van der Waals surface area contributed by atoms with Crippen LogP contribution in [-0.4, -0.2) is 5.91 Å². The second kappa shape index (κ2) is 5.26. The Kier molecular flexibility index (Phi) is 4.00. The minimum atomic E-state index is -0.412. The van der Waals surface area contributed by atoms with Crippen molar-refractivity contribution in [1.82, 2.24) is 0 Å². The van der Waals surface area contributed by atoms with Crippen molar-refractivity contribution in [2.24, 2.45) is 11.5 Å². The van der Waals surface area contributed by atoms with Gasteiger partial charge in [0.2, 0.25) is 5.91 Å². The highest BCUT2D eigenvalue weighted by Crippen LogP contribution is 2.11. The predicted molar refractivity (Wildman–Crippen MR) is 57.1 cm³/mol. The van der Waals surface area contributed by atoms with E-state index in [9.17, 15) is 9.18 Å². The molecule has 0 aliphatic heterocycles. The van der Waals surface area contributed by atoms with Gasteiger partial charge in [-0.25, -0.2) is 4.39 Å². The quantitative estimate of drug-likeness (QED) is 0.779. The lowest BCUT2D eigenvalue weighted by Gasteiger charge is -2.00. The molecule has 1 aromatic carbocycles. The molecule has 1 amide bonds. The maximum absolute atomic E-state index is 13.2. The Morgan fingerprint density at radius 2 is 2.20 bits per heavy atom. The molecule has 15 heavy (non-hydrogen) atoms. The van der Waals surface area contributed by atoms with Gasteiger partial charge in [0.1, 0.15) is 5.82 Å². The van der Waals surface area contributed by atoms with E-state index in [1.165, 1.54) is 6.07 Å². The standard InChI is InChI=1S/C11H13FN2O/c12-10-6-8(2-1-3-11(14)15)4-5-9(10)7-13/h1-2,4-6H,3,7,13H2,(H2,14,15). The zero-order valence-electron chi connectivity index (χ0n) is 8.24. The van der Waals surface area contributed by atoms with Crippen molar-refractivity contribution in [2.75, 3.05) is 0 Å². The lowest BCUT2D eigenvalue weighted by molar-refractivity contribution is -0.117. The third-order valence-corrected chi connectivity index (χ3v) is 1.93. The Morgan fingerprint density at radius 1 is 1.47 bits per heavy atom. The van der Waals surface area contributed by atoms with Crippen LogP contribution in [0.1, 0.15) is 17.5 Å². The van der Waals surface area contributed by atoms with Crippen LogP contribution >= 0.6 is 0 Å². The zero-order valence-corrected chi connectivity index (χ0v) is 8.24. The van der Waals surface area contributed by atoms with Crippen LogP contribution in [0.5, 0.6) is 0 Å². The number of hydrogen-bond acceptors (Lipinski definition) is 2. The fourth-order valence-electron chi connectivity index (χ4n) is 1.14. The summed E-state index contributed by atoms with van der Waals surface area (Å²) in [5, 5.41) is 0. The Balaban J connectivity index is 2.75. The Labute approximate surface area is 87.6 Å². The zero-order chi connectivity index (χ0) is 11.3. The van der Waals surface area contributed by atoms with Crippen LogP contribution in [0.3, 0.4) is 0 Å². The number of primary amides is 1.